The first kappa shape index (κ1) is 17.9. The van der Waals surface area contributed by atoms with E-state index in [4.69, 9.17) is 16.3 Å². The van der Waals surface area contributed by atoms with E-state index in [0.29, 0.717) is 33.5 Å². The van der Waals surface area contributed by atoms with E-state index in [9.17, 15) is 13.6 Å². The second kappa shape index (κ2) is 6.41. The number of carbonyl (C=O) groups excluding carboxylic acids is 1. The first-order valence-electron chi connectivity index (χ1n) is 8.80. The van der Waals surface area contributed by atoms with Crippen molar-refractivity contribution in [3.05, 3.63) is 41.6 Å². The fourth-order valence-electron chi connectivity index (χ4n) is 3.41. The predicted molar refractivity (Wildman–Crippen MR) is 103 cm³/mol. The van der Waals surface area contributed by atoms with Gasteiger partial charge in [-0.1, -0.05) is 11.6 Å². The second-order valence-corrected chi connectivity index (χ2v) is 7.23. The van der Waals surface area contributed by atoms with Crippen LogP contribution in [0.2, 0.25) is 5.02 Å². The van der Waals surface area contributed by atoms with Crippen molar-refractivity contribution in [3.8, 4) is 16.9 Å². The molecular weight excluding hydrogens is 404 g/mol. The first-order valence-corrected chi connectivity index (χ1v) is 9.17. The molecular formula is C19H14ClF2N5O2. The molecule has 3 heterocycles. The van der Waals surface area contributed by atoms with Crippen molar-refractivity contribution >= 4 is 39.9 Å². The summed E-state index contributed by atoms with van der Waals surface area (Å²) in [6, 6.07) is 3.45. The summed E-state index contributed by atoms with van der Waals surface area (Å²) in [4.78, 5) is 16.2. The summed E-state index contributed by atoms with van der Waals surface area (Å²) in [5.41, 5.74) is 2.03. The van der Waals surface area contributed by atoms with Crippen molar-refractivity contribution in [1.29, 1.82) is 0 Å². The van der Waals surface area contributed by atoms with Crippen LogP contribution in [0.3, 0.4) is 0 Å². The Morgan fingerprint density at radius 1 is 1.41 bits per heavy atom. The normalized spacial score (nSPS) is 18.3. The van der Waals surface area contributed by atoms with E-state index in [2.05, 4.69) is 20.5 Å². The smallest absolute Gasteiger partial charge is 0.231 e. The number of carbonyl (C=O) groups is 1. The molecule has 0 bridgehead atoms. The van der Waals surface area contributed by atoms with Crippen LogP contribution in [0.5, 0.6) is 5.75 Å². The van der Waals surface area contributed by atoms with E-state index in [-0.39, 0.29) is 23.1 Å². The largest absolute Gasteiger partial charge is 0.491 e. The lowest BCUT2D eigenvalue weighted by Gasteiger charge is -2.11. The number of H-pyrrole nitrogens is 1. The molecule has 1 fully saturated rings. The number of alkyl halides is 1. The molecule has 1 aliphatic carbocycles. The van der Waals surface area contributed by atoms with E-state index < -0.39 is 17.9 Å². The van der Waals surface area contributed by atoms with Crippen LogP contribution in [0.15, 0.2) is 30.7 Å². The highest BCUT2D eigenvalue weighted by Gasteiger charge is 2.43. The summed E-state index contributed by atoms with van der Waals surface area (Å²) in [5.74, 6) is -1.38. The Labute approximate surface area is 167 Å². The summed E-state index contributed by atoms with van der Waals surface area (Å²) >= 11 is 6.31. The molecule has 2 N–H and O–H groups in total. The molecule has 0 aliphatic heterocycles. The zero-order chi connectivity index (χ0) is 20.3. The number of aromatic nitrogens is 4. The maximum Gasteiger partial charge on any atom is 0.231 e. The van der Waals surface area contributed by atoms with E-state index in [0.717, 1.165) is 0 Å². The van der Waals surface area contributed by atoms with Crippen LogP contribution in [0.1, 0.15) is 6.42 Å². The average molecular weight is 418 g/mol. The fourth-order valence-corrected chi connectivity index (χ4v) is 3.71. The van der Waals surface area contributed by atoms with Gasteiger partial charge in [0.25, 0.3) is 0 Å². The van der Waals surface area contributed by atoms with Gasteiger partial charge in [0.05, 0.1) is 30.4 Å². The topological polar surface area (TPSA) is 84.3 Å². The van der Waals surface area contributed by atoms with Gasteiger partial charge in [-0.25, -0.2) is 13.8 Å². The summed E-state index contributed by atoms with van der Waals surface area (Å²) in [6.45, 7) is 0. The number of fused-ring (bicyclic) bond motifs is 2. The van der Waals surface area contributed by atoms with Crippen molar-refractivity contribution < 1.29 is 18.3 Å². The van der Waals surface area contributed by atoms with Gasteiger partial charge >= 0.3 is 0 Å². The number of methoxy groups -OCH3 is 1. The number of benzene rings is 1. The van der Waals surface area contributed by atoms with Crippen LogP contribution in [0, 0.1) is 11.7 Å². The monoisotopic (exact) mass is 417 g/mol. The molecule has 3 aromatic heterocycles. The number of halogens is 3. The van der Waals surface area contributed by atoms with Crippen molar-refractivity contribution in [2.75, 3.05) is 12.4 Å². The second-order valence-electron chi connectivity index (χ2n) is 6.85. The summed E-state index contributed by atoms with van der Waals surface area (Å²) in [5, 5.41) is 9.83. The highest BCUT2D eigenvalue weighted by molar-refractivity contribution is 6.35. The van der Waals surface area contributed by atoms with Gasteiger partial charge in [0.15, 0.2) is 17.4 Å². The maximum atomic E-state index is 14.7. The molecule has 1 aliphatic rings. The number of anilines is 1. The highest BCUT2D eigenvalue weighted by atomic mass is 35.5. The summed E-state index contributed by atoms with van der Waals surface area (Å²) in [7, 11) is 1.36. The van der Waals surface area contributed by atoms with Crippen LogP contribution in [-0.4, -0.2) is 38.8 Å². The van der Waals surface area contributed by atoms with E-state index >= 15 is 0 Å². The molecule has 1 amide bonds. The molecule has 2 atom stereocenters. The van der Waals surface area contributed by atoms with E-state index in [1.165, 1.54) is 7.11 Å². The van der Waals surface area contributed by atoms with Crippen LogP contribution in [-0.2, 0) is 4.79 Å². The van der Waals surface area contributed by atoms with Gasteiger partial charge in [-0.3, -0.25) is 9.89 Å². The molecule has 0 saturated heterocycles. The number of imidazole rings is 1. The third-order valence-electron chi connectivity index (χ3n) is 4.99. The molecule has 4 aromatic rings. The number of nitrogens with one attached hydrogen (secondary N) is 2. The zero-order valence-corrected chi connectivity index (χ0v) is 15.8. The zero-order valence-electron chi connectivity index (χ0n) is 15.0. The summed E-state index contributed by atoms with van der Waals surface area (Å²) in [6.07, 6.45) is 4.03. The molecule has 0 radical (unpaired) electrons. The number of ether oxygens (including phenoxy) is 1. The third kappa shape index (κ3) is 2.80. The van der Waals surface area contributed by atoms with E-state index in [1.807, 2.05) is 0 Å². The predicted octanol–water partition coefficient (Wildman–Crippen LogP) is 3.98. The third-order valence-corrected chi connectivity index (χ3v) is 5.35. The van der Waals surface area contributed by atoms with Gasteiger partial charge in [-0.2, -0.15) is 5.10 Å². The Morgan fingerprint density at radius 3 is 2.93 bits per heavy atom. The van der Waals surface area contributed by atoms with Crippen molar-refractivity contribution in [3.63, 3.8) is 0 Å². The lowest BCUT2D eigenvalue weighted by molar-refractivity contribution is -0.117. The van der Waals surface area contributed by atoms with Gasteiger partial charge in [0.2, 0.25) is 5.91 Å². The lowest BCUT2D eigenvalue weighted by atomic mass is 10.0. The number of amides is 1. The van der Waals surface area contributed by atoms with Gasteiger partial charge in [-0.05, 0) is 18.6 Å². The molecule has 7 nitrogen and oxygen atoms in total. The van der Waals surface area contributed by atoms with Crippen LogP contribution in [0.4, 0.5) is 14.6 Å². The number of hydrogen-bond acceptors (Lipinski definition) is 4. The maximum absolute atomic E-state index is 14.7. The number of pyridine rings is 1. The minimum absolute atomic E-state index is 0.00815. The Balaban J connectivity index is 1.58. The molecule has 1 saturated carbocycles. The first-order chi connectivity index (χ1) is 14.0. The molecule has 0 unspecified atom stereocenters. The fraction of sp³-hybridized carbons (Fsp3) is 0.211. The molecule has 1 aromatic carbocycles. The molecule has 0 spiro atoms. The average Bonchev–Trinajstić information content (AvgIpc) is 3.08. The Bertz CT molecular complexity index is 1280. The highest BCUT2D eigenvalue weighted by Crippen LogP contribution is 2.42. The summed E-state index contributed by atoms with van der Waals surface area (Å²) < 4.78 is 34.6. The van der Waals surface area contributed by atoms with Gasteiger partial charge < -0.3 is 14.5 Å². The number of aromatic amines is 1. The Morgan fingerprint density at radius 2 is 2.21 bits per heavy atom. The molecule has 10 heteroatoms. The SMILES string of the molecule is COc1c(F)c(Cl)c(-c2ccc3nc(NC(=O)[C@@H]4C[C@@H]4F)cn3c2)c2cn[nH]c12. The van der Waals surface area contributed by atoms with Gasteiger partial charge in [-0.15, -0.1) is 0 Å². The minimum atomic E-state index is -1.08. The quantitative estimate of drug-likeness (QED) is 0.526. The molecule has 29 heavy (non-hydrogen) atoms. The van der Waals surface area contributed by atoms with Crippen LogP contribution >= 0.6 is 11.6 Å². The van der Waals surface area contributed by atoms with Crippen molar-refractivity contribution in [2.24, 2.45) is 5.92 Å². The minimum Gasteiger partial charge on any atom is -0.491 e. The van der Waals surface area contributed by atoms with Crippen molar-refractivity contribution in [2.45, 2.75) is 12.6 Å². The number of nitrogens with zero attached hydrogens (tertiary/aromatic N) is 3. The Kier molecular flexibility index (Phi) is 3.95. The van der Waals surface area contributed by atoms with E-state index in [1.54, 1.807) is 35.1 Å². The van der Waals surface area contributed by atoms with Crippen LogP contribution in [0.25, 0.3) is 27.7 Å². The number of hydrogen-bond donors (Lipinski definition) is 2. The van der Waals surface area contributed by atoms with Gasteiger partial charge in [0.1, 0.15) is 17.3 Å². The number of rotatable bonds is 4. The standard InChI is InChI=1S/C19H14ClF2N5O2/c1-29-18-16(22)15(20)14(10-5-23-26-17(10)18)8-2-3-13-24-12(7-27(13)6-8)25-19(28)9-4-11(9)21/h2-3,5-7,9,11H,4H2,1H3,(H,23,26)(H,25,28)/t9-,11+/m1/s1. The van der Waals surface area contributed by atoms with Crippen LogP contribution < -0.4 is 10.1 Å². The lowest BCUT2D eigenvalue weighted by Crippen LogP contribution is -2.15. The molecule has 5 rings (SSSR count). The van der Waals surface area contributed by atoms with Gasteiger partial charge in [0, 0.05) is 22.7 Å². The molecule has 148 valence electrons. The Hall–Kier alpha value is -3.20. The van der Waals surface area contributed by atoms with Crippen molar-refractivity contribution in [1.82, 2.24) is 19.6 Å².